The number of hydrogen-bond donors (Lipinski definition) is 1. The van der Waals surface area contributed by atoms with Crippen LogP contribution in [0.1, 0.15) is 12.7 Å². The summed E-state index contributed by atoms with van der Waals surface area (Å²) in [7, 11) is 1.62. The zero-order valence-corrected chi connectivity index (χ0v) is 8.58. The normalized spacial score (nSPS) is 13.2. The Kier molecular flexibility index (Phi) is 2.51. The molecule has 0 fully saturated rings. The van der Waals surface area contributed by atoms with Crippen molar-refractivity contribution in [2.75, 3.05) is 7.11 Å². The minimum absolute atomic E-state index is 0.00345. The Bertz CT molecular complexity index is 428. The lowest BCUT2D eigenvalue weighted by molar-refractivity contribution is 0.104. The number of aromatic nitrogens is 4. The monoisotopic (exact) mass is 208 g/mol. The zero-order chi connectivity index (χ0) is 10.8. The van der Waals surface area contributed by atoms with Crippen LogP contribution in [0.4, 0.5) is 0 Å². The van der Waals surface area contributed by atoms with Crippen LogP contribution >= 0.6 is 0 Å². The van der Waals surface area contributed by atoms with E-state index in [0.29, 0.717) is 23.8 Å². The molecule has 1 atom stereocenters. The SMILES string of the molecule is COC(C)Cc1ncc2ncnc-2n1O. The molecular formula is C9H12N4O2. The van der Waals surface area contributed by atoms with E-state index in [1.54, 1.807) is 13.3 Å². The maximum Gasteiger partial charge on any atom is 0.199 e. The van der Waals surface area contributed by atoms with E-state index in [1.807, 2.05) is 6.92 Å². The first kappa shape index (κ1) is 9.85. The van der Waals surface area contributed by atoms with Gasteiger partial charge in [-0.3, -0.25) is 0 Å². The first-order valence-corrected chi connectivity index (χ1v) is 4.61. The second kappa shape index (κ2) is 3.82. The van der Waals surface area contributed by atoms with Crippen molar-refractivity contribution in [1.82, 2.24) is 19.7 Å². The molecule has 2 rings (SSSR count). The molecule has 2 aliphatic rings. The summed E-state index contributed by atoms with van der Waals surface area (Å²) in [6.07, 6.45) is 3.50. The van der Waals surface area contributed by atoms with Gasteiger partial charge in [-0.25, -0.2) is 15.0 Å². The van der Waals surface area contributed by atoms with Crippen molar-refractivity contribution in [3.63, 3.8) is 0 Å². The van der Waals surface area contributed by atoms with Gasteiger partial charge >= 0.3 is 0 Å². The van der Waals surface area contributed by atoms with Crippen molar-refractivity contribution in [3.05, 3.63) is 18.3 Å². The van der Waals surface area contributed by atoms with Crippen LogP contribution in [-0.2, 0) is 11.2 Å². The predicted octanol–water partition coefficient (Wildman–Crippen LogP) is 0.593. The maximum absolute atomic E-state index is 9.78. The van der Waals surface area contributed by atoms with Crippen LogP contribution in [0.25, 0.3) is 11.5 Å². The van der Waals surface area contributed by atoms with Gasteiger partial charge in [0.25, 0.3) is 0 Å². The van der Waals surface area contributed by atoms with Crippen molar-refractivity contribution < 1.29 is 9.94 Å². The largest absolute Gasteiger partial charge is 0.425 e. The van der Waals surface area contributed by atoms with Gasteiger partial charge in [0.2, 0.25) is 0 Å². The molecule has 0 aromatic carbocycles. The Hall–Kier alpha value is -1.69. The molecule has 2 aliphatic heterocycles. The van der Waals surface area contributed by atoms with Crippen LogP contribution in [-0.4, -0.2) is 38.1 Å². The van der Waals surface area contributed by atoms with Gasteiger partial charge in [0.1, 0.15) is 17.8 Å². The number of rotatable bonds is 3. The van der Waals surface area contributed by atoms with E-state index in [1.165, 1.54) is 6.33 Å². The van der Waals surface area contributed by atoms with E-state index < -0.39 is 0 Å². The summed E-state index contributed by atoms with van der Waals surface area (Å²) in [5.74, 6) is 0.931. The molecule has 0 saturated carbocycles. The summed E-state index contributed by atoms with van der Waals surface area (Å²) in [6.45, 7) is 1.91. The van der Waals surface area contributed by atoms with E-state index in [2.05, 4.69) is 15.0 Å². The number of ether oxygens (including phenoxy) is 1. The molecule has 2 heterocycles. The van der Waals surface area contributed by atoms with Crippen molar-refractivity contribution >= 4 is 0 Å². The van der Waals surface area contributed by atoms with Crippen LogP contribution in [0.2, 0.25) is 0 Å². The van der Waals surface area contributed by atoms with Gasteiger partial charge in [0.15, 0.2) is 5.82 Å². The lowest BCUT2D eigenvalue weighted by atomic mass is 10.2. The molecule has 1 unspecified atom stereocenters. The van der Waals surface area contributed by atoms with Crippen molar-refractivity contribution in [1.29, 1.82) is 0 Å². The van der Waals surface area contributed by atoms with Gasteiger partial charge in [0, 0.05) is 13.5 Å². The molecular weight excluding hydrogens is 196 g/mol. The summed E-state index contributed by atoms with van der Waals surface area (Å²) in [5, 5.41) is 9.78. The standard InChI is InChI=1S/C9H12N4O2/c1-6(15-2)3-8-10-4-7-9(13(8)14)12-5-11-7/h4-6,14H,3H2,1-2H3. The topological polar surface area (TPSA) is 73.1 Å². The number of methoxy groups -OCH3 is 1. The van der Waals surface area contributed by atoms with Gasteiger partial charge in [-0.05, 0) is 6.92 Å². The summed E-state index contributed by atoms with van der Waals surface area (Å²) in [4.78, 5) is 12.0. The summed E-state index contributed by atoms with van der Waals surface area (Å²) >= 11 is 0. The van der Waals surface area contributed by atoms with E-state index in [-0.39, 0.29) is 6.10 Å². The Morgan fingerprint density at radius 2 is 2.27 bits per heavy atom. The number of imidazole rings is 1. The first-order chi connectivity index (χ1) is 7.22. The van der Waals surface area contributed by atoms with E-state index >= 15 is 0 Å². The lowest BCUT2D eigenvalue weighted by Crippen LogP contribution is -2.17. The molecule has 0 amide bonds. The van der Waals surface area contributed by atoms with Crippen LogP contribution in [0.3, 0.4) is 0 Å². The van der Waals surface area contributed by atoms with Crippen molar-refractivity contribution in [2.45, 2.75) is 19.4 Å². The van der Waals surface area contributed by atoms with E-state index in [0.717, 1.165) is 4.73 Å². The smallest absolute Gasteiger partial charge is 0.199 e. The Morgan fingerprint density at radius 1 is 1.47 bits per heavy atom. The van der Waals surface area contributed by atoms with Gasteiger partial charge in [-0.15, -0.1) is 0 Å². The van der Waals surface area contributed by atoms with Crippen LogP contribution in [0.5, 0.6) is 0 Å². The lowest BCUT2D eigenvalue weighted by Gasteiger charge is -2.12. The maximum atomic E-state index is 9.78. The number of hydrogen-bond acceptors (Lipinski definition) is 5. The van der Waals surface area contributed by atoms with Crippen LogP contribution < -0.4 is 0 Å². The van der Waals surface area contributed by atoms with E-state index in [9.17, 15) is 5.21 Å². The fourth-order valence-corrected chi connectivity index (χ4v) is 1.32. The molecule has 0 aliphatic carbocycles. The second-order valence-electron chi connectivity index (χ2n) is 3.32. The van der Waals surface area contributed by atoms with Gasteiger partial charge < -0.3 is 9.94 Å². The molecule has 15 heavy (non-hydrogen) atoms. The highest BCUT2D eigenvalue weighted by molar-refractivity contribution is 5.48. The first-order valence-electron chi connectivity index (χ1n) is 4.61. The molecule has 6 heteroatoms. The van der Waals surface area contributed by atoms with Crippen molar-refractivity contribution in [3.8, 4) is 11.5 Å². The summed E-state index contributed by atoms with van der Waals surface area (Å²) in [6, 6.07) is 0. The van der Waals surface area contributed by atoms with Crippen LogP contribution in [0.15, 0.2) is 12.5 Å². The highest BCUT2D eigenvalue weighted by atomic mass is 16.5. The molecule has 80 valence electrons. The average Bonchev–Trinajstić information content (AvgIpc) is 2.70. The molecule has 6 nitrogen and oxygen atoms in total. The van der Waals surface area contributed by atoms with Crippen molar-refractivity contribution in [2.24, 2.45) is 0 Å². The Morgan fingerprint density at radius 3 is 3.00 bits per heavy atom. The minimum Gasteiger partial charge on any atom is -0.425 e. The highest BCUT2D eigenvalue weighted by Gasteiger charge is 2.15. The molecule has 0 saturated heterocycles. The summed E-state index contributed by atoms with van der Waals surface area (Å²) in [5.41, 5.74) is 0.575. The van der Waals surface area contributed by atoms with Gasteiger partial charge in [-0.2, -0.15) is 4.73 Å². The minimum atomic E-state index is -0.00345. The molecule has 0 aromatic rings. The third-order valence-electron chi connectivity index (χ3n) is 2.26. The van der Waals surface area contributed by atoms with E-state index in [4.69, 9.17) is 4.74 Å². The molecule has 0 spiro atoms. The zero-order valence-electron chi connectivity index (χ0n) is 8.58. The fraction of sp³-hybridized carbons (Fsp3) is 0.444. The fourth-order valence-electron chi connectivity index (χ4n) is 1.32. The molecule has 0 radical (unpaired) electrons. The van der Waals surface area contributed by atoms with Crippen LogP contribution in [0, 0.1) is 0 Å². The Labute approximate surface area is 86.9 Å². The number of nitrogens with zero attached hydrogens (tertiary/aromatic N) is 4. The van der Waals surface area contributed by atoms with Gasteiger partial charge in [0.05, 0.1) is 12.3 Å². The predicted molar refractivity (Wildman–Crippen MR) is 51.8 cm³/mol. The quantitative estimate of drug-likeness (QED) is 0.747. The molecule has 1 N–H and O–H groups in total. The third kappa shape index (κ3) is 1.75. The van der Waals surface area contributed by atoms with Gasteiger partial charge in [-0.1, -0.05) is 0 Å². The number of fused-ring (bicyclic) bond motifs is 1. The third-order valence-corrected chi connectivity index (χ3v) is 2.26. The molecule has 0 bridgehead atoms. The Balaban J connectivity index is 2.36. The molecule has 0 aromatic heterocycles. The average molecular weight is 208 g/mol. The highest BCUT2D eigenvalue weighted by Crippen LogP contribution is 2.16. The second-order valence-corrected chi connectivity index (χ2v) is 3.32. The summed E-state index contributed by atoms with van der Waals surface area (Å²) < 4.78 is 6.06.